The number of carbonyl (C=O) groups is 3. The summed E-state index contributed by atoms with van der Waals surface area (Å²) in [7, 11) is 1.48. The van der Waals surface area contributed by atoms with Gasteiger partial charge in [-0.2, -0.15) is 0 Å². The molecule has 4 heterocycles. The highest BCUT2D eigenvalue weighted by atomic mass is 16.6. The lowest BCUT2D eigenvalue weighted by atomic mass is 10.1. The van der Waals surface area contributed by atoms with Gasteiger partial charge < -0.3 is 34.9 Å². The number of likely N-dealkylation sites (N-methyl/N-ethyl adjacent to an activating group) is 1. The SMILES string of the molecule is CN(CCOc1cccc(-c2cccc(CNCC[C@H]3CN(c4ccc5c(n4)NC(=O)CO5)C(=O)O3)c2)n1)C(=O)O. The maximum absolute atomic E-state index is 12.5. The fourth-order valence-corrected chi connectivity index (χ4v) is 4.34. The van der Waals surface area contributed by atoms with Crippen molar-refractivity contribution in [2.75, 3.05) is 50.1 Å². The normalized spacial score (nSPS) is 15.9. The summed E-state index contributed by atoms with van der Waals surface area (Å²) in [6.07, 6.45) is -1.18. The Kier molecular flexibility index (Phi) is 8.44. The van der Waals surface area contributed by atoms with E-state index in [2.05, 4.69) is 20.6 Å². The zero-order chi connectivity index (χ0) is 28.8. The molecule has 13 heteroatoms. The molecule has 1 aromatic carbocycles. The van der Waals surface area contributed by atoms with Crippen LogP contribution in [-0.2, 0) is 16.1 Å². The highest BCUT2D eigenvalue weighted by Gasteiger charge is 2.33. The van der Waals surface area contributed by atoms with Crippen molar-refractivity contribution in [3.63, 3.8) is 0 Å². The Bertz CT molecular complexity index is 1430. The summed E-state index contributed by atoms with van der Waals surface area (Å²) in [5, 5.41) is 15.0. The standard InChI is InChI=1S/C28H30N6O7/c1-33(27(36)37)12-13-39-25-7-3-6-21(30-25)19-5-2-4-18(14-19)15-29-11-10-20-16-34(28(38)41-20)23-9-8-22-26(31-23)32-24(35)17-40-22/h2-9,14,20,29H,10-13,15-17H2,1H3,(H,36,37)(H,31,32,35)/t20-/m0/s1. The van der Waals surface area contributed by atoms with Gasteiger partial charge in [-0.25, -0.2) is 19.6 Å². The molecular weight excluding hydrogens is 532 g/mol. The number of hydrogen-bond donors (Lipinski definition) is 3. The summed E-state index contributed by atoms with van der Waals surface area (Å²) < 4.78 is 16.5. The van der Waals surface area contributed by atoms with E-state index in [1.54, 1.807) is 18.2 Å². The van der Waals surface area contributed by atoms with E-state index in [0.717, 1.165) is 21.7 Å². The average Bonchev–Trinajstić information content (AvgIpc) is 3.35. The molecule has 5 rings (SSSR count). The molecule has 3 N–H and O–H groups in total. The first-order valence-electron chi connectivity index (χ1n) is 13.1. The summed E-state index contributed by atoms with van der Waals surface area (Å²) in [5.41, 5.74) is 2.74. The molecule has 214 valence electrons. The fraction of sp³-hybridized carbons (Fsp3) is 0.321. The number of anilines is 2. The van der Waals surface area contributed by atoms with Gasteiger partial charge in [0.15, 0.2) is 18.2 Å². The Morgan fingerprint density at radius 2 is 2.05 bits per heavy atom. The van der Waals surface area contributed by atoms with Crippen molar-refractivity contribution < 1.29 is 33.7 Å². The van der Waals surface area contributed by atoms with E-state index in [1.807, 2.05) is 36.4 Å². The molecule has 3 aromatic rings. The van der Waals surface area contributed by atoms with Crippen LogP contribution in [0.5, 0.6) is 11.6 Å². The van der Waals surface area contributed by atoms with Gasteiger partial charge in [-0.15, -0.1) is 0 Å². The lowest BCUT2D eigenvalue weighted by Gasteiger charge is -2.19. The number of hydrogen-bond acceptors (Lipinski definition) is 9. The number of fused-ring (bicyclic) bond motifs is 1. The van der Waals surface area contributed by atoms with Gasteiger partial charge in [-0.3, -0.25) is 9.69 Å². The third kappa shape index (κ3) is 7.00. The van der Waals surface area contributed by atoms with Gasteiger partial charge in [0.2, 0.25) is 5.88 Å². The van der Waals surface area contributed by atoms with Gasteiger partial charge in [0, 0.05) is 25.2 Å². The summed E-state index contributed by atoms with van der Waals surface area (Å²) in [6, 6.07) is 16.8. The van der Waals surface area contributed by atoms with Crippen molar-refractivity contribution in [1.82, 2.24) is 20.2 Å². The molecule has 3 amide bonds. The second-order valence-corrected chi connectivity index (χ2v) is 9.55. The Balaban J connectivity index is 1.10. The van der Waals surface area contributed by atoms with E-state index in [-0.39, 0.29) is 37.6 Å². The topological polar surface area (TPSA) is 155 Å². The van der Waals surface area contributed by atoms with Crippen molar-refractivity contribution in [2.45, 2.75) is 19.1 Å². The van der Waals surface area contributed by atoms with Crippen LogP contribution in [-0.4, -0.2) is 84.1 Å². The van der Waals surface area contributed by atoms with Crippen LogP contribution >= 0.6 is 0 Å². The molecule has 0 unspecified atom stereocenters. The lowest BCUT2D eigenvalue weighted by molar-refractivity contribution is -0.118. The predicted octanol–water partition coefficient (Wildman–Crippen LogP) is 2.97. The highest BCUT2D eigenvalue weighted by Crippen LogP contribution is 2.30. The van der Waals surface area contributed by atoms with Crippen LogP contribution in [0.1, 0.15) is 12.0 Å². The van der Waals surface area contributed by atoms with E-state index in [0.29, 0.717) is 43.5 Å². The van der Waals surface area contributed by atoms with Crippen LogP contribution in [0.2, 0.25) is 0 Å². The van der Waals surface area contributed by atoms with Gasteiger partial charge in [-0.1, -0.05) is 24.3 Å². The molecular formula is C28H30N6O7. The number of carbonyl (C=O) groups excluding carboxylic acids is 2. The van der Waals surface area contributed by atoms with Crippen LogP contribution in [0.25, 0.3) is 11.3 Å². The summed E-state index contributed by atoms with van der Waals surface area (Å²) in [5.74, 6) is 1.27. The number of nitrogens with zero attached hydrogens (tertiary/aromatic N) is 4. The minimum Gasteiger partial charge on any atom is -0.480 e. The Labute approximate surface area is 236 Å². The zero-order valence-electron chi connectivity index (χ0n) is 22.4. The molecule has 13 nitrogen and oxygen atoms in total. The minimum atomic E-state index is -1.01. The number of aromatic nitrogens is 2. The highest BCUT2D eigenvalue weighted by molar-refractivity contribution is 5.95. The van der Waals surface area contributed by atoms with E-state index in [9.17, 15) is 14.4 Å². The molecule has 2 aliphatic rings. The van der Waals surface area contributed by atoms with E-state index >= 15 is 0 Å². The van der Waals surface area contributed by atoms with Gasteiger partial charge in [0.05, 0.1) is 18.8 Å². The summed E-state index contributed by atoms with van der Waals surface area (Å²) in [6.45, 7) is 1.97. The largest absolute Gasteiger partial charge is 0.480 e. The molecule has 0 radical (unpaired) electrons. The second kappa shape index (κ2) is 12.5. The molecule has 0 aliphatic carbocycles. The quantitative estimate of drug-likeness (QED) is 0.297. The predicted molar refractivity (Wildman–Crippen MR) is 148 cm³/mol. The van der Waals surface area contributed by atoms with Crippen LogP contribution in [0, 0.1) is 0 Å². The Morgan fingerprint density at radius 1 is 1.20 bits per heavy atom. The zero-order valence-corrected chi connectivity index (χ0v) is 22.4. The molecule has 0 bridgehead atoms. The molecule has 0 saturated carbocycles. The summed E-state index contributed by atoms with van der Waals surface area (Å²) >= 11 is 0. The third-order valence-electron chi connectivity index (χ3n) is 6.53. The van der Waals surface area contributed by atoms with E-state index in [4.69, 9.17) is 19.3 Å². The minimum absolute atomic E-state index is 0.0616. The number of nitrogens with one attached hydrogen (secondary N) is 2. The number of amides is 3. The summed E-state index contributed by atoms with van der Waals surface area (Å²) in [4.78, 5) is 46.5. The van der Waals surface area contributed by atoms with Crippen LogP contribution in [0.15, 0.2) is 54.6 Å². The molecule has 41 heavy (non-hydrogen) atoms. The van der Waals surface area contributed by atoms with Gasteiger partial charge >= 0.3 is 12.2 Å². The number of benzene rings is 1. The maximum atomic E-state index is 12.5. The molecule has 2 aliphatic heterocycles. The second-order valence-electron chi connectivity index (χ2n) is 9.55. The Hall–Kier alpha value is -4.91. The molecule has 0 spiro atoms. The maximum Gasteiger partial charge on any atom is 0.415 e. The average molecular weight is 563 g/mol. The number of ether oxygens (including phenoxy) is 3. The third-order valence-corrected chi connectivity index (χ3v) is 6.53. The van der Waals surface area contributed by atoms with Crippen LogP contribution in [0.3, 0.4) is 0 Å². The number of pyridine rings is 2. The first kappa shape index (κ1) is 27.6. The van der Waals surface area contributed by atoms with Crippen molar-refractivity contribution >= 4 is 29.7 Å². The number of carboxylic acid groups (broad SMARTS) is 1. The van der Waals surface area contributed by atoms with Crippen LogP contribution in [0.4, 0.5) is 21.2 Å². The molecule has 1 atom stereocenters. The lowest BCUT2D eigenvalue weighted by Crippen LogP contribution is -2.29. The molecule has 2 aromatic heterocycles. The van der Waals surface area contributed by atoms with Crippen LogP contribution < -0.4 is 25.0 Å². The van der Waals surface area contributed by atoms with Gasteiger partial charge in [0.25, 0.3) is 5.91 Å². The Morgan fingerprint density at radius 3 is 2.90 bits per heavy atom. The van der Waals surface area contributed by atoms with Gasteiger partial charge in [-0.05, 0) is 42.8 Å². The number of cyclic esters (lactones) is 1. The first-order valence-corrected chi connectivity index (χ1v) is 13.1. The number of rotatable bonds is 11. The van der Waals surface area contributed by atoms with E-state index in [1.165, 1.54) is 11.9 Å². The van der Waals surface area contributed by atoms with Gasteiger partial charge in [0.1, 0.15) is 18.5 Å². The molecule has 1 fully saturated rings. The smallest absolute Gasteiger partial charge is 0.415 e. The van der Waals surface area contributed by atoms with Crippen molar-refractivity contribution in [3.05, 3.63) is 60.2 Å². The fourth-order valence-electron chi connectivity index (χ4n) is 4.34. The molecule has 1 saturated heterocycles. The first-order chi connectivity index (χ1) is 19.9. The monoisotopic (exact) mass is 562 g/mol. The van der Waals surface area contributed by atoms with Crippen molar-refractivity contribution in [2.24, 2.45) is 0 Å². The van der Waals surface area contributed by atoms with E-state index < -0.39 is 12.2 Å². The van der Waals surface area contributed by atoms with Crippen molar-refractivity contribution in [1.29, 1.82) is 0 Å². The van der Waals surface area contributed by atoms with Crippen molar-refractivity contribution in [3.8, 4) is 22.9 Å².